The second-order valence-corrected chi connectivity index (χ2v) is 4.08. The molecule has 0 atom stereocenters. The van der Waals surface area contributed by atoms with E-state index in [1.807, 2.05) is 13.0 Å². The van der Waals surface area contributed by atoms with E-state index in [2.05, 4.69) is 26.1 Å². The predicted molar refractivity (Wildman–Crippen MR) is 64.6 cm³/mol. The van der Waals surface area contributed by atoms with Crippen LogP contribution < -0.4 is 4.74 Å². The first kappa shape index (κ1) is 11.0. The molecule has 0 aliphatic rings. The van der Waals surface area contributed by atoms with Crippen molar-refractivity contribution >= 4 is 15.9 Å². The maximum atomic E-state index is 9.76. The summed E-state index contributed by atoms with van der Waals surface area (Å²) in [5.74, 6) is 0.585. The molecule has 0 spiro atoms. The van der Waals surface area contributed by atoms with Gasteiger partial charge in [-0.3, -0.25) is 5.10 Å². The third-order valence-electron chi connectivity index (χ3n) is 2.16. The number of halogens is 1. The fraction of sp³-hybridized carbons (Fsp3) is 0.182. The predicted octanol–water partition coefficient (Wildman–Crippen LogP) is 2.94. The van der Waals surface area contributed by atoms with Gasteiger partial charge in [0, 0.05) is 11.8 Å². The maximum absolute atomic E-state index is 9.76. The summed E-state index contributed by atoms with van der Waals surface area (Å²) in [5, 5.41) is 16.4. The van der Waals surface area contributed by atoms with Crippen LogP contribution in [0, 0.1) is 0 Å². The highest BCUT2D eigenvalue weighted by Gasteiger charge is 2.10. The Kier molecular flexibility index (Phi) is 3.14. The molecule has 1 aromatic heterocycles. The lowest BCUT2D eigenvalue weighted by atomic mass is 10.1. The van der Waals surface area contributed by atoms with Gasteiger partial charge in [0.15, 0.2) is 11.5 Å². The third kappa shape index (κ3) is 2.04. The van der Waals surface area contributed by atoms with Crippen molar-refractivity contribution in [3.8, 4) is 22.6 Å². The van der Waals surface area contributed by atoms with Crippen molar-refractivity contribution in [2.75, 3.05) is 6.61 Å². The molecular weight excluding hydrogens is 272 g/mol. The molecule has 0 aliphatic heterocycles. The number of nitrogens with zero attached hydrogens (tertiary/aromatic N) is 1. The third-order valence-corrected chi connectivity index (χ3v) is 2.76. The fourth-order valence-corrected chi connectivity index (χ4v) is 1.86. The van der Waals surface area contributed by atoms with E-state index in [1.54, 1.807) is 18.5 Å². The highest BCUT2D eigenvalue weighted by molar-refractivity contribution is 9.10. The maximum Gasteiger partial charge on any atom is 0.172 e. The van der Waals surface area contributed by atoms with E-state index in [9.17, 15) is 5.11 Å². The van der Waals surface area contributed by atoms with E-state index in [-0.39, 0.29) is 5.75 Å². The van der Waals surface area contributed by atoms with Gasteiger partial charge in [-0.15, -0.1) is 0 Å². The Labute approximate surface area is 101 Å². The van der Waals surface area contributed by atoms with Crippen LogP contribution in [0.2, 0.25) is 0 Å². The quantitative estimate of drug-likeness (QED) is 0.910. The van der Waals surface area contributed by atoms with Gasteiger partial charge in [0.2, 0.25) is 0 Å². The molecule has 4 nitrogen and oxygen atoms in total. The lowest BCUT2D eigenvalue weighted by Crippen LogP contribution is -1.92. The van der Waals surface area contributed by atoms with Gasteiger partial charge in [-0.1, -0.05) is 0 Å². The molecule has 2 rings (SSSR count). The molecule has 1 heterocycles. The van der Waals surface area contributed by atoms with E-state index in [0.717, 1.165) is 11.1 Å². The highest BCUT2D eigenvalue weighted by Crippen LogP contribution is 2.38. The summed E-state index contributed by atoms with van der Waals surface area (Å²) in [6.45, 7) is 2.38. The number of ether oxygens (including phenoxy) is 1. The minimum absolute atomic E-state index is 0.120. The Balaban J connectivity index is 2.48. The average Bonchev–Trinajstić information content (AvgIpc) is 2.78. The van der Waals surface area contributed by atoms with Gasteiger partial charge in [-0.05, 0) is 40.5 Å². The van der Waals surface area contributed by atoms with Gasteiger partial charge in [0.25, 0.3) is 0 Å². The van der Waals surface area contributed by atoms with Crippen LogP contribution in [0.5, 0.6) is 11.5 Å². The zero-order chi connectivity index (χ0) is 11.5. The van der Waals surface area contributed by atoms with E-state index in [0.29, 0.717) is 16.8 Å². The molecule has 2 N–H and O–H groups in total. The number of rotatable bonds is 3. The van der Waals surface area contributed by atoms with Gasteiger partial charge < -0.3 is 9.84 Å². The SMILES string of the molecule is CCOc1cc(-c2cn[nH]c2)cc(Br)c1O. The summed E-state index contributed by atoms with van der Waals surface area (Å²) in [5.41, 5.74) is 1.88. The molecule has 1 aromatic carbocycles. The number of phenolic OH excluding ortho intramolecular Hbond substituents is 1. The van der Waals surface area contributed by atoms with Crippen LogP contribution in [0.3, 0.4) is 0 Å². The number of phenols is 1. The van der Waals surface area contributed by atoms with Crippen LogP contribution in [0.4, 0.5) is 0 Å². The van der Waals surface area contributed by atoms with Crippen molar-refractivity contribution in [2.24, 2.45) is 0 Å². The number of hydrogen-bond donors (Lipinski definition) is 2. The van der Waals surface area contributed by atoms with Gasteiger partial charge in [-0.2, -0.15) is 5.10 Å². The van der Waals surface area contributed by atoms with Crippen molar-refractivity contribution in [1.82, 2.24) is 10.2 Å². The van der Waals surface area contributed by atoms with Gasteiger partial charge in [0.05, 0.1) is 17.3 Å². The molecule has 0 unspecified atom stereocenters. The van der Waals surface area contributed by atoms with Gasteiger partial charge >= 0.3 is 0 Å². The summed E-state index contributed by atoms with van der Waals surface area (Å²) in [7, 11) is 0. The molecular formula is C11H11BrN2O2. The van der Waals surface area contributed by atoms with Crippen LogP contribution >= 0.6 is 15.9 Å². The Hall–Kier alpha value is -1.49. The summed E-state index contributed by atoms with van der Waals surface area (Å²) in [6, 6.07) is 3.61. The van der Waals surface area contributed by atoms with Crippen LogP contribution in [0.1, 0.15) is 6.92 Å². The Morgan fingerprint density at radius 2 is 2.25 bits per heavy atom. The molecule has 0 radical (unpaired) electrons. The van der Waals surface area contributed by atoms with E-state index in [1.165, 1.54) is 0 Å². The Morgan fingerprint density at radius 1 is 1.44 bits per heavy atom. The molecule has 0 saturated carbocycles. The first-order valence-electron chi connectivity index (χ1n) is 4.87. The van der Waals surface area contributed by atoms with Crippen molar-refractivity contribution in [3.63, 3.8) is 0 Å². The zero-order valence-corrected chi connectivity index (χ0v) is 10.3. The topological polar surface area (TPSA) is 58.1 Å². The monoisotopic (exact) mass is 282 g/mol. The first-order chi connectivity index (χ1) is 7.72. The van der Waals surface area contributed by atoms with Crippen LogP contribution in [0.15, 0.2) is 29.0 Å². The number of nitrogens with one attached hydrogen (secondary N) is 1. The number of H-pyrrole nitrogens is 1. The van der Waals surface area contributed by atoms with E-state index >= 15 is 0 Å². The van der Waals surface area contributed by atoms with E-state index < -0.39 is 0 Å². The molecule has 0 aliphatic carbocycles. The van der Waals surface area contributed by atoms with Crippen molar-refractivity contribution in [1.29, 1.82) is 0 Å². The summed E-state index contributed by atoms with van der Waals surface area (Å²) >= 11 is 3.29. The Bertz CT molecular complexity index is 483. The van der Waals surface area contributed by atoms with Crippen molar-refractivity contribution < 1.29 is 9.84 Å². The zero-order valence-electron chi connectivity index (χ0n) is 8.70. The lowest BCUT2D eigenvalue weighted by molar-refractivity contribution is 0.317. The second-order valence-electron chi connectivity index (χ2n) is 3.22. The number of benzene rings is 1. The van der Waals surface area contributed by atoms with E-state index in [4.69, 9.17) is 4.74 Å². The summed E-state index contributed by atoms with van der Waals surface area (Å²) in [4.78, 5) is 0. The molecule has 0 fully saturated rings. The Morgan fingerprint density at radius 3 is 2.88 bits per heavy atom. The summed E-state index contributed by atoms with van der Waals surface area (Å²) in [6.07, 6.45) is 3.50. The smallest absolute Gasteiger partial charge is 0.172 e. The molecule has 16 heavy (non-hydrogen) atoms. The largest absolute Gasteiger partial charge is 0.503 e. The normalized spacial score (nSPS) is 10.4. The van der Waals surface area contributed by atoms with Crippen LogP contribution in [-0.4, -0.2) is 21.9 Å². The number of aromatic hydroxyl groups is 1. The van der Waals surface area contributed by atoms with Crippen LogP contribution in [0.25, 0.3) is 11.1 Å². The fourth-order valence-electron chi connectivity index (χ4n) is 1.41. The minimum Gasteiger partial charge on any atom is -0.503 e. The molecule has 2 aromatic rings. The van der Waals surface area contributed by atoms with Crippen molar-refractivity contribution in [3.05, 3.63) is 29.0 Å². The minimum atomic E-state index is 0.120. The highest BCUT2D eigenvalue weighted by atomic mass is 79.9. The number of aromatic nitrogens is 2. The molecule has 0 saturated heterocycles. The molecule has 0 bridgehead atoms. The molecule has 0 amide bonds. The first-order valence-corrected chi connectivity index (χ1v) is 5.66. The number of aromatic amines is 1. The van der Waals surface area contributed by atoms with Gasteiger partial charge in [-0.25, -0.2) is 0 Å². The van der Waals surface area contributed by atoms with Crippen LogP contribution in [-0.2, 0) is 0 Å². The van der Waals surface area contributed by atoms with Gasteiger partial charge in [0.1, 0.15) is 0 Å². The standard InChI is InChI=1S/C11H11BrN2O2/c1-2-16-10-4-7(3-9(12)11(10)15)8-5-13-14-6-8/h3-6,15H,2H2,1H3,(H,13,14). The second kappa shape index (κ2) is 4.57. The average molecular weight is 283 g/mol. The van der Waals surface area contributed by atoms with Crippen molar-refractivity contribution in [2.45, 2.75) is 6.92 Å². The number of hydrogen-bond acceptors (Lipinski definition) is 3. The lowest BCUT2D eigenvalue weighted by Gasteiger charge is -2.09. The summed E-state index contributed by atoms with van der Waals surface area (Å²) < 4.78 is 5.95. The molecule has 5 heteroatoms. The molecule has 84 valence electrons.